The highest BCUT2D eigenvalue weighted by atomic mass is 35.6. The van der Waals surface area contributed by atoms with Gasteiger partial charge in [-0.05, 0) is 11.3 Å². The highest BCUT2D eigenvalue weighted by Crippen LogP contribution is 2.60. The van der Waals surface area contributed by atoms with E-state index in [2.05, 4.69) is 0 Å². The Balaban J connectivity index is 2.83. The molecular weight excluding hydrogens is 282 g/mol. The van der Waals surface area contributed by atoms with Gasteiger partial charge in [0.25, 0.3) is 0 Å². The van der Waals surface area contributed by atoms with E-state index in [0.29, 0.717) is 0 Å². The third-order valence-electron chi connectivity index (χ3n) is 2.77. The molecule has 0 aromatic rings. The van der Waals surface area contributed by atoms with Gasteiger partial charge in [0.1, 0.15) is 0 Å². The molecule has 0 aromatic carbocycles. The number of hydrogen-bond donors (Lipinski definition) is 1. The number of hydrogen-bond acceptors (Lipinski definition) is 1. The van der Waals surface area contributed by atoms with Crippen LogP contribution in [0.1, 0.15) is 13.8 Å². The molecule has 86 valence electrons. The van der Waals surface area contributed by atoms with Crippen molar-refractivity contribution < 1.29 is 9.90 Å². The van der Waals surface area contributed by atoms with Gasteiger partial charge in [-0.2, -0.15) is 0 Å². The normalized spacial score (nSPS) is 30.1. The van der Waals surface area contributed by atoms with Crippen molar-refractivity contribution in [3.8, 4) is 0 Å². The van der Waals surface area contributed by atoms with Crippen molar-refractivity contribution in [2.45, 2.75) is 17.6 Å². The summed E-state index contributed by atoms with van der Waals surface area (Å²) < 4.78 is -1.68. The second-order valence-electron chi connectivity index (χ2n) is 4.18. The van der Waals surface area contributed by atoms with E-state index in [1.807, 2.05) is 13.8 Å². The Morgan fingerprint density at radius 3 is 2.13 bits per heavy atom. The zero-order valence-electron chi connectivity index (χ0n) is 8.10. The number of allylic oxidation sites excluding steroid dienone is 2. The van der Waals surface area contributed by atoms with Gasteiger partial charge >= 0.3 is 5.97 Å². The fraction of sp³-hybridized carbons (Fsp3) is 0.667. The minimum atomic E-state index is -1.68. The van der Waals surface area contributed by atoms with E-state index in [0.717, 1.165) is 0 Å². The topological polar surface area (TPSA) is 37.3 Å². The maximum atomic E-state index is 10.8. The Labute approximate surface area is 108 Å². The van der Waals surface area contributed by atoms with Crippen molar-refractivity contribution in [1.29, 1.82) is 0 Å². The average Bonchev–Trinajstić information content (AvgIpc) is 2.50. The fourth-order valence-corrected chi connectivity index (χ4v) is 2.04. The summed E-state index contributed by atoms with van der Waals surface area (Å²) in [6.45, 7) is 3.69. The molecule has 0 bridgehead atoms. The summed E-state index contributed by atoms with van der Waals surface area (Å²) in [4.78, 5) is 10.8. The Morgan fingerprint density at radius 1 is 1.40 bits per heavy atom. The first kappa shape index (κ1) is 13.4. The van der Waals surface area contributed by atoms with E-state index in [1.54, 1.807) is 0 Å². The van der Waals surface area contributed by atoms with Crippen LogP contribution in [0.25, 0.3) is 0 Å². The van der Waals surface area contributed by atoms with Crippen LogP contribution < -0.4 is 0 Å². The smallest absolute Gasteiger partial charge is 0.307 e. The maximum absolute atomic E-state index is 10.8. The lowest BCUT2D eigenvalue weighted by Gasteiger charge is -2.09. The fourth-order valence-electron chi connectivity index (χ4n) is 1.71. The van der Waals surface area contributed by atoms with Gasteiger partial charge in [0.05, 0.1) is 11.0 Å². The zero-order valence-corrected chi connectivity index (χ0v) is 11.1. The second-order valence-corrected chi connectivity index (χ2v) is 6.86. The standard InChI is InChI=1S/C9H10Cl4O2/c1-8(2)4(6(8)7(14)15)3-5(10)9(11,12)13/h3-4,6H,1-2H3,(H,14,15)/b5-3-/t4-,6-/m1/s1. The summed E-state index contributed by atoms with van der Waals surface area (Å²) in [6.07, 6.45) is 1.52. The first-order chi connectivity index (χ1) is 6.58. The van der Waals surface area contributed by atoms with Gasteiger partial charge in [0.15, 0.2) is 0 Å². The molecule has 0 amide bonds. The number of carboxylic acids is 1. The molecule has 1 saturated carbocycles. The molecule has 0 aromatic heterocycles. The summed E-state index contributed by atoms with van der Waals surface area (Å²) in [5, 5.41) is 8.95. The minimum Gasteiger partial charge on any atom is -0.481 e. The molecule has 0 saturated heterocycles. The molecule has 0 aliphatic heterocycles. The predicted octanol–water partition coefficient (Wildman–Crippen LogP) is 3.84. The first-order valence-electron chi connectivity index (χ1n) is 4.26. The average molecular weight is 292 g/mol. The van der Waals surface area contributed by atoms with Crippen molar-refractivity contribution in [3.63, 3.8) is 0 Å². The summed E-state index contributed by atoms with van der Waals surface area (Å²) in [7, 11) is 0. The van der Waals surface area contributed by atoms with Crippen molar-refractivity contribution >= 4 is 52.4 Å². The molecular formula is C9H10Cl4O2. The number of carboxylic acid groups (broad SMARTS) is 1. The Kier molecular flexibility index (Phi) is 3.57. The lowest BCUT2D eigenvalue weighted by molar-refractivity contribution is -0.139. The van der Waals surface area contributed by atoms with E-state index in [1.165, 1.54) is 6.08 Å². The third kappa shape index (κ3) is 2.73. The molecule has 0 radical (unpaired) electrons. The Hall–Kier alpha value is 0.370. The lowest BCUT2D eigenvalue weighted by Crippen LogP contribution is -2.03. The molecule has 6 heteroatoms. The monoisotopic (exact) mass is 290 g/mol. The molecule has 2 atom stereocenters. The van der Waals surface area contributed by atoms with E-state index >= 15 is 0 Å². The van der Waals surface area contributed by atoms with Crippen LogP contribution in [0.4, 0.5) is 0 Å². The zero-order chi connectivity index (χ0) is 12.0. The summed E-state index contributed by atoms with van der Waals surface area (Å²) in [5.74, 6) is -1.49. The molecule has 1 rings (SSSR count). The van der Waals surface area contributed by atoms with E-state index in [4.69, 9.17) is 51.5 Å². The maximum Gasteiger partial charge on any atom is 0.307 e. The van der Waals surface area contributed by atoms with Crippen LogP contribution in [-0.2, 0) is 4.79 Å². The predicted molar refractivity (Wildman–Crippen MR) is 62.6 cm³/mol. The minimum absolute atomic E-state index is 0.0503. The molecule has 15 heavy (non-hydrogen) atoms. The largest absolute Gasteiger partial charge is 0.481 e. The van der Waals surface area contributed by atoms with E-state index in [-0.39, 0.29) is 16.4 Å². The van der Waals surface area contributed by atoms with E-state index in [9.17, 15) is 4.79 Å². The van der Waals surface area contributed by atoms with Crippen LogP contribution in [0.5, 0.6) is 0 Å². The van der Waals surface area contributed by atoms with Crippen LogP contribution >= 0.6 is 46.4 Å². The summed E-state index contributed by atoms with van der Waals surface area (Å²) in [6, 6.07) is 0. The second kappa shape index (κ2) is 3.99. The third-order valence-corrected chi connectivity index (χ3v) is 4.08. The quantitative estimate of drug-likeness (QED) is 0.785. The number of carbonyl (C=O) groups is 1. The van der Waals surface area contributed by atoms with Gasteiger partial charge in [-0.25, -0.2) is 0 Å². The first-order valence-corrected chi connectivity index (χ1v) is 5.77. The lowest BCUT2D eigenvalue weighted by atomic mass is 10.1. The van der Waals surface area contributed by atoms with Crippen molar-refractivity contribution in [2.24, 2.45) is 17.3 Å². The van der Waals surface area contributed by atoms with Gasteiger partial charge in [0, 0.05) is 0 Å². The van der Waals surface area contributed by atoms with Crippen LogP contribution in [0.15, 0.2) is 11.1 Å². The van der Waals surface area contributed by atoms with Gasteiger partial charge in [-0.3, -0.25) is 4.79 Å². The van der Waals surface area contributed by atoms with E-state index < -0.39 is 15.7 Å². The molecule has 1 aliphatic rings. The van der Waals surface area contributed by atoms with Crippen molar-refractivity contribution in [3.05, 3.63) is 11.1 Å². The molecule has 2 nitrogen and oxygen atoms in total. The summed E-state index contributed by atoms with van der Waals surface area (Å²) >= 11 is 22.4. The number of alkyl halides is 3. The molecule has 0 spiro atoms. The SMILES string of the molecule is CC1(C)[C@H](/C=C(\Cl)C(Cl)(Cl)Cl)[C@@H]1C(=O)O. The number of rotatable bonds is 2. The van der Waals surface area contributed by atoms with Crippen LogP contribution in [0.2, 0.25) is 0 Å². The summed E-state index contributed by atoms with van der Waals surface area (Å²) in [5.41, 5.74) is -0.331. The van der Waals surface area contributed by atoms with Crippen molar-refractivity contribution in [2.75, 3.05) is 0 Å². The van der Waals surface area contributed by atoms with Crippen LogP contribution in [0, 0.1) is 17.3 Å². The van der Waals surface area contributed by atoms with Crippen LogP contribution in [-0.4, -0.2) is 14.9 Å². The molecule has 0 unspecified atom stereocenters. The molecule has 1 fully saturated rings. The Morgan fingerprint density at radius 2 is 1.87 bits per heavy atom. The molecule has 1 aliphatic carbocycles. The molecule has 1 N–H and O–H groups in total. The number of halogens is 4. The highest BCUT2D eigenvalue weighted by molar-refractivity contribution is 6.72. The molecule has 0 heterocycles. The van der Waals surface area contributed by atoms with Gasteiger partial charge in [0.2, 0.25) is 3.79 Å². The Bertz CT molecular complexity index is 317. The highest BCUT2D eigenvalue weighted by Gasteiger charge is 2.61. The van der Waals surface area contributed by atoms with Crippen molar-refractivity contribution in [1.82, 2.24) is 0 Å². The van der Waals surface area contributed by atoms with Gasteiger partial charge < -0.3 is 5.11 Å². The van der Waals surface area contributed by atoms with Gasteiger partial charge in [-0.1, -0.05) is 66.3 Å². The van der Waals surface area contributed by atoms with Crippen LogP contribution in [0.3, 0.4) is 0 Å². The number of aliphatic carboxylic acids is 1. The van der Waals surface area contributed by atoms with Gasteiger partial charge in [-0.15, -0.1) is 0 Å².